The van der Waals surface area contributed by atoms with Crippen LogP contribution in [0.15, 0.2) is 18.3 Å². The molecule has 0 saturated carbocycles. The van der Waals surface area contributed by atoms with Gasteiger partial charge in [0, 0.05) is 18.4 Å². The molecule has 1 aromatic rings. The molecule has 0 fully saturated rings. The lowest BCUT2D eigenvalue weighted by molar-refractivity contribution is -0.121. The lowest BCUT2D eigenvalue weighted by atomic mass is 10.2. The van der Waals surface area contributed by atoms with E-state index in [-0.39, 0.29) is 11.9 Å². The summed E-state index contributed by atoms with van der Waals surface area (Å²) in [5.74, 6) is -0.0535. The second kappa shape index (κ2) is 6.48. The molecule has 0 aliphatic heterocycles. The molecule has 0 bridgehead atoms. The molecule has 90 valence electrons. The number of nitrogens with one attached hydrogen (secondary N) is 2. The van der Waals surface area contributed by atoms with Gasteiger partial charge in [0.2, 0.25) is 5.91 Å². The van der Waals surface area contributed by atoms with Gasteiger partial charge in [-0.2, -0.15) is 5.26 Å². The average Bonchev–Trinajstić information content (AvgIpc) is 2.36. The van der Waals surface area contributed by atoms with Gasteiger partial charge < -0.3 is 10.6 Å². The fraction of sp³-hybridized carbons (Fsp3) is 0.417. The number of anilines is 1. The van der Waals surface area contributed by atoms with Crippen LogP contribution in [0.3, 0.4) is 0 Å². The van der Waals surface area contributed by atoms with Gasteiger partial charge >= 0.3 is 0 Å². The Morgan fingerprint density at radius 1 is 1.65 bits per heavy atom. The van der Waals surface area contributed by atoms with Crippen LogP contribution in [0.5, 0.6) is 0 Å². The molecule has 0 aliphatic rings. The van der Waals surface area contributed by atoms with Crippen molar-refractivity contribution in [3.63, 3.8) is 0 Å². The second-order valence-electron chi connectivity index (χ2n) is 3.70. The molecule has 0 saturated heterocycles. The minimum Gasteiger partial charge on any atom is -0.374 e. The first-order chi connectivity index (χ1) is 8.17. The third-order valence-electron chi connectivity index (χ3n) is 2.20. The van der Waals surface area contributed by atoms with Crippen LogP contribution in [0.1, 0.15) is 26.0 Å². The van der Waals surface area contributed by atoms with E-state index in [1.165, 1.54) is 6.20 Å². The lowest BCUT2D eigenvalue weighted by Crippen LogP contribution is -2.37. The van der Waals surface area contributed by atoms with Crippen LogP contribution in [0, 0.1) is 11.3 Å². The molecule has 1 heterocycles. The summed E-state index contributed by atoms with van der Waals surface area (Å²) in [5.41, 5.74) is 1.05. The predicted octanol–water partition coefficient (Wildman–Crippen LogP) is 1.28. The van der Waals surface area contributed by atoms with Gasteiger partial charge in [-0.15, -0.1) is 0 Å². The normalized spacial score (nSPS) is 11.4. The summed E-state index contributed by atoms with van der Waals surface area (Å²) in [4.78, 5) is 15.5. The summed E-state index contributed by atoms with van der Waals surface area (Å²) in [6.45, 7) is 4.45. The molecular formula is C12H16N4O. The molecule has 1 unspecified atom stereocenters. The van der Waals surface area contributed by atoms with Gasteiger partial charge in [-0.25, -0.2) is 4.98 Å². The standard InChI is InChI=1S/C12H16N4O/c1-3-5-15-12(17)9(2)16-10-4-6-14-11(7-10)8-13/h4,6-7,9H,3,5H2,1-2H3,(H,14,16)(H,15,17). The highest BCUT2D eigenvalue weighted by atomic mass is 16.2. The number of aromatic nitrogens is 1. The SMILES string of the molecule is CCCNC(=O)C(C)Nc1ccnc(C#N)c1. The second-order valence-corrected chi connectivity index (χ2v) is 3.70. The summed E-state index contributed by atoms with van der Waals surface area (Å²) in [5, 5.41) is 14.5. The van der Waals surface area contributed by atoms with E-state index in [1.807, 2.05) is 13.0 Å². The van der Waals surface area contributed by atoms with Gasteiger partial charge in [0.15, 0.2) is 0 Å². The summed E-state index contributed by atoms with van der Waals surface area (Å²) in [7, 11) is 0. The molecule has 1 aromatic heterocycles. The maximum atomic E-state index is 11.6. The number of carbonyl (C=O) groups excluding carboxylic acids is 1. The van der Waals surface area contributed by atoms with E-state index in [9.17, 15) is 4.79 Å². The molecule has 17 heavy (non-hydrogen) atoms. The minimum absolute atomic E-state index is 0.0535. The van der Waals surface area contributed by atoms with Crippen molar-refractivity contribution in [2.24, 2.45) is 0 Å². The smallest absolute Gasteiger partial charge is 0.242 e. The Bertz CT molecular complexity index is 425. The molecule has 0 spiro atoms. The van der Waals surface area contributed by atoms with E-state index in [1.54, 1.807) is 19.1 Å². The number of carbonyl (C=O) groups is 1. The van der Waals surface area contributed by atoms with E-state index in [4.69, 9.17) is 5.26 Å². The fourth-order valence-corrected chi connectivity index (χ4v) is 1.30. The molecule has 1 rings (SSSR count). The van der Waals surface area contributed by atoms with Crippen molar-refractivity contribution in [2.75, 3.05) is 11.9 Å². The zero-order valence-electron chi connectivity index (χ0n) is 10.0. The van der Waals surface area contributed by atoms with E-state index in [0.29, 0.717) is 12.2 Å². The third kappa shape index (κ3) is 4.11. The van der Waals surface area contributed by atoms with Gasteiger partial charge in [0.05, 0.1) is 0 Å². The van der Waals surface area contributed by atoms with Crippen LogP contribution < -0.4 is 10.6 Å². The summed E-state index contributed by atoms with van der Waals surface area (Å²) in [6, 6.07) is 4.96. The molecule has 0 aliphatic carbocycles. The quantitative estimate of drug-likeness (QED) is 0.801. The Morgan fingerprint density at radius 3 is 3.06 bits per heavy atom. The molecule has 5 heteroatoms. The van der Waals surface area contributed by atoms with E-state index >= 15 is 0 Å². The predicted molar refractivity (Wildman–Crippen MR) is 65.3 cm³/mol. The molecule has 5 nitrogen and oxygen atoms in total. The molecule has 2 N–H and O–H groups in total. The van der Waals surface area contributed by atoms with Crippen molar-refractivity contribution in [3.8, 4) is 6.07 Å². The number of amides is 1. The van der Waals surface area contributed by atoms with Crippen LogP contribution in [0.25, 0.3) is 0 Å². The third-order valence-corrected chi connectivity index (χ3v) is 2.20. The number of hydrogen-bond donors (Lipinski definition) is 2. The number of nitriles is 1. The van der Waals surface area contributed by atoms with Crippen molar-refractivity contribution >= 4 is 11.6 Å². The largest absolute Gasteiger partial charge is 0.374 e. The average molecular weight is 232 g/mol. The van der Waals surface area contributed by atoms with E-state index in [2.05, 4.69) is 15.6 Å². The van der Waals surface area contributed by atoms with Gasteiger partial charge in [-0.1, -0.05) is 6.92 Å². The van der Waals surface area contributed by atoms with Crippen LogP contribution >= 0.6 is 0 Å². The highest BCUT2D eigenvalue weighted by Crippen LogP contribution is 2.08. The van der Waals surface area contributed by atoms with Crippen molar-refractivity contribution in [1.29, 1.82) is 5.26 Å². The Morgan fingerprint density at radius 2 is 2.41 bits per heavy atom. The lowest BCUT2D eigenvalue weighted by Gasteiger charge is -2.14. The van der Waals surface area contributed by atoms with Crippen LogP contribution in [-0.2, 0) is 4.79 Å². The first-order valence-electron chi connectivity index (χ1n) is 5.57. The summed E-state index contributed by atoms with van der Waals surface area (Å²) >= 11 is 0. The molecule has 1 atom stereocenters. The van der Waals surface area contributed by atoms with Gasteiger partial charge in [0.1, 0.15) is 17.8 Å². The maximum absolute atomic E-state index is 11.6. The minimum atomic E-state index is -0.338. The Hall–Kier alpha value is -2.09. The van der Waals surface area contributed by atoms with Crippen LogP contribution in [0.4, 0.5) is 5.69 Å². The van der Waals surface area contributed by atoms with Crippen LogP contribution in [-0.4, -0.2) is 23.5 Å². The van der Waals surface area contributed by atoms with Crippen LogP contribution in [0.2, 0.25) is 0 Å². The molecule has 0 aromatic carbocycles. The van der Waals surface area contributed by atoms with Crippen molar-refractivity contribution in [2.45, 2.75) is 26.3 Å². The van der Waals surface area contributed by atoms with E-state index in [0.717, 1.165) is 12.1 Å². The zero-order valence-corrected chi connectivity index (χ0v) is 10.0. The van der Waals surface area contributed by atoms with Crippen molar-refractivity contribution < 1.29 is 4.79 Å². The van der Waals surface area contributed by atoms with Gasteiger partial charge in [0.25, 0.3) is 0 Å². The monoisotopic (exact) mass is 232 g/mol. The Kier molecular flexibility index (Phi) is 4.95. The summed E-state index contributed by atoms with van der Waals surface area (Å²) in [6.07, 6.45) is 2.45. The molecule has 0 radical (unpaired) electrons. The Balaban J connectivity index is 2.58. The first-order valence-corrected chi connectivity index (χ1v) is 5.57. The summed E-state index contributed by atoms with van der Waals surface area (Å²) < 4.78 is 0. The van der Waals surface area contributed by atoms with Crippen molar-refractivity contribution in [1.82, 2.24) is 10.3 Å². The Labute approximate surface area is 101 Å². The number of nitrogens with zero attached hydrogens (tertiary/aromatic N) is 2. The van der Waals surface area contributed by atoms with E-state index < -0.39 is 0 Å². The topological polar surface area (TPSA) is 77.8 Å². The molecular weight excluding hydrogens is 216 g/mol. The first kappa shape index (κ1) is 13.0. The number of rotatable bonds is 5. The number of hydrogen-bond acceptors (Lipinski definition) is 4. The zero-order chi connectivity index (χ0) is 12.7. The van der Waals surface area contributed by atoms with Crippen molar-refractivity contribution in [3.05, 3.63) is 24.0 Å². The number of pyridine rings is 1. The van der Waals surface area contributed by atoms with Gasteiger partial charge in [-0.3, -0.25) is 4.79 Å². The van der Waals surface area contributed by atoms with Gasteiger partial charge in [-0.05, 0) is 25.5 Å². The highest BCUT2D eigenvalue weighted by Gasteiger charge is 2.11. The maximum Gasteiger partial charge on any atom is 0.242 e. The molecule has 1 amide bonds. The highest BCUT2D eigenvalue weighted by molar-refractivity contribution is 5.84. The fourth-order valence-electron chi connectivity index (χ4n) is 1.30.